The molecule has 41 heavy (non-hydrogen) atoms. The second-order valence-corrected chi connectivity index (χ2v) is 11.9. The molecule has 220 valence electrons. The van der Waals surface area contributed by atoms with Gasteiger partial charge in [0.2, 0.25) is 5.91 Å². The first kappa shape index (κ1) is 27.7. The van der Waals surface area contributed by atoms with E-state index < -0.39 is 42.7 Å². The Morgan fingerprint density at radius 2 is 1.90 bits per heavy atom. The second kappa shape index (κ2) is 10.8. The zero-order chi connectivity index (χ0) is 28.9. The van der Waals surface area contributed by atoms with Gasteiger partial charge in [0.25, 0.3) is 11.8 Å². The molecule has 0 radical (unpaired) electrons. The fourth-order valence-corrected chi connectivity index (χ4v) is 6.70. The average Bonchev–Trinajstić information content (AvgIpc) is 3.70. The summed E-state index contributed by atoms with van der Waals surface area (Å²) in [6, 6.07) is 4.63. The van der Waals surface area contributed by atoms with Gasteiger partial charge in [-0.15, -0.1) is 0 Å². The number of amides is 2. The third-order valence-corrected chi connectivity index (χ3v) is 9.09. The number of imidazole rings is 1. The molecule has 0 bridgehead atoms. The number of likely N-dealkylation sites (tertiary alicyclic amines) is 1. The monoisotopic (exact) mass is 571 g/mol. The predicted octanol–water partition coefficient (Wildman–Crippen LogP) is 4.00. The van der Waals surface area contributed by atoms with Crippen molar-refractivity contribution in [3.63, 3.8) is 0 Å². The minimum absolute atomic E-state index is 0.131. The molecule has 6 rings (SSSR count). The first-order chi connectivity index (χ1) is 19.6. The largest absolute Gasteiger partial charge is 0.340 e. The molecule has 3 atom stereocenters. The molecule has 3 N–H and O–H groups in total. The molecule has 3 aromatic rings. The average molecular weight is 572 g/mol. The molecular weight excluding hydrogens is 535 g/mol. The fraction of sp³-hybridized carbons (Fsp3) is 0.586. The van der Waals surface area contributed by atoms with E-state index in [0.29, 0.717) is 48.2 Å². The zero-order valence-electron chi connectivity index (χ0n) is 23.3. The lowest BCUT2D eigenvalue weighted by Crippen LogP contribution is -2.60. The van der Waals surface area contributed by atoms with Crippen molar-refractivity contribution in [3.8, 4) is 0 Å². The van der Waals surface area contributed by atoms with Crippen LogP contribution in [-0.2, 0) is 11.3 Å². The molecule has 1 saturated carbocycles. The van der Waals surface area contributed by atoms with Crippen molar-refractivity contribution < 1.29 is 22.8 Å². The number of benzene rings is 1. The number of carbonyl (C=O) groups is 2. The number of aromatic amines is 1. The summed E-state index contributed by atoms with van der Waals surface area (Å²) in [4.78, 5) is 35.4. The Morgan fingerprint density at radius 1 is 1.15 bits per heavy atom. The molecule has 2 saturated heterocycles. The minimum atomic E-state index is -2.86. The Morgan fingerprint density at radius 3 is 2.61 bits per heavy atom. The van der Waals surface area contributed by atoms with E-state index in [4.69, 9.17) is 0 Å². The number of fused-ring (bicyclic) bond motifs is 1. The standard InChI is InChI=1S/C29H36F3N7O2/c1-3-39-22(10-11-34-39)27(40)37-24(17-6-4-16(2)5-7-17)26-35-21-9-8-18(23(30)25(21)36-26)19-12-33-13-20(19)28(41)38-14-29(31,32)15-38/h8-11,16-17,19-20,24,33H,3-7,12-15H2,1-2H3,(H,35,36)(H,37,40). The van der Waals surface area contributed by atoms with Crippen molar-refractivity contribution >= 4 is 22.8 Å². The third-order valence-electron chi connectivity index (χ3n) is 9.09. The molecule has 3 aliphatic rings. The number of aromatic nitrogens is 4. The summed E-state index contributed by atoms with van der Waals surface area (Å²) in [7, 11) is 0. The van der Waals surface area contributed by atoms with Gasteiger partial charge in [-0.05, 0) is 49.3 Å². The SMILES string of the molecule is CCn1nccc1C(=O)NC(c1nc2c(F)c(C3CNCC3C(=O)N3CC(F)(F)C3)ccc2[nH]1)C1CCC(C)CC1. The first-order valence-electron chi connectivity index (χ1n) is 14.5. The van der Waals surface area contributed by atoms with Crippen molar-refractivity contribution in [3.05, 3.63) is 47.3 Å². The van der Waals surface area contributed by atoms with Crippen LogP contribution < -0.4 is 10.6 Å². The van der Waals surface area contributed by atoms with Crippen LogP contribution in [-0.4, -0.2) is 68.6 Å². The lowest BCUT2D eigenvalue weighted by molar-refractivity contribution is -0.169. The van der Waals surface area contributed by atoms with E-state index in [1.807, 2.05) is 6.92 Å². The number of hydrogen-bond acceptors (Lipinski definition) is 5. The lowest BCUT2D eigenvalue weighted by Gasteiger charge is -2.40. The second-order valence-electron chi connectivity index (χ2n) is 11.9. The number of nitrogens with one attached hydrogen (secondary N) is 3. The molecule has 12 heteroatoms. The summed E-state index contributed by atoms with van der Waals surface area (Å²) < 4.78 is 44.5. The number of rotatable bonds is 7. The molecule has 3 fully saturated rings. The summed E-state index contributed by atoms with van der Waals surface area (Å²) >= 11 is 0. The van der Waals surface area contributed by atoms with Gasteiger partial charge in [-0.1, -0.05) is 25.8 Å². The van der Waals surface area contributed by atoms with Crippen LogP contribution in [0.15, 0.2) is 24.4 Å². The molecule has 4 heterocycles. The van der Waals surface area contributed by atoms with E-state index in [2.05, 4.69) is 32.6 Å². The van der Waals surface area contributed by atoms with Crippen molar-refractivity contribution in [2.45, 2.75) is 64.0 Å². The molecule has 2 aromatic heterocycles. The molecule has 1 aromatic carbocycles. The van der Waals surface area contributed by atoms with Crippen molar-refractivity contribution in [2.24, 2.45) is 17.8 Å². The molecule has 2 aliphatic heterocycles. The quantitative estimate of drug-likeness (QED) is 0.398. The Hall–Kier alpha value is -3.41. The lowest BCUT2D eigenvalue weighted by atomic mass is 9.79. The molecule has 0 spiro atoms. The van der Waals surface area contributed by atoms with Crippen LogP contribution in [0.3, 0.4) is 0 Å². The van der Waals surface area contributed by atoms with Crippen LogP contribution in [0.25, 0.3) is 11.0 Å². The van der Waals surface area contributed by atoms with Gasteiger partial charge in [-0.2, -0.15) is 5.10 Å². The van der Waals surface area contributed by atoms with Gasteiger partial charge in [0.1, 0.15) is 17.0 Å². The van der Waals surface area contributed by atoms with Crippen LogP contribution in [0, 0.1) is 23.6 Å². The van der Waals surface area contributed by atoms with Crippen LogP contribution >= 0.6 is 0 Å². The van der Waals surface area contributed by atoms with Crippen molar-refractivity contribution in [1.29, 1.82) is 0 Å². The topological polar surface area (TPSA) is 108 Å². The van der Waals surface area contributed by atoms with Gasteiger partial charge in [0, 0.05) is 31.7 Å². The first-order valence-corrected chi connectivity index (χ1v) is 14.5. The normalized spacial score (nSPS) is 26.6. The highest BCUT2D eigenvalue weighted by Crippen LogP contribution is 2.39. The maximum Gasteiger partial charge on any atom is 0.282 e. The summed E-state index contributed by atoms with van der Waals surface area (Å²) in [5.74, 6) is -3.92. The van der Waals surface area contributed by atoms with Crippen LogP contribution in [0.2, 0.25) is 0 Å². The summed E-state index contributed by atoms with van der Waals surface area (Å²) in [6.45, 7) is 4.18. The number of nitrogens with zero attached hydrogens (tertiary/aromatic N) is 4. The highest BCUT2D eigenvalue weighted by atomic mass is 19.3. The highest BCUT2D eigenvalue weighted by molar-refractivity contribution is 5.92. The zero-order valence-corrected chi connectivity index (χ0v) is 23.3. The summed E-state index contributed by atoms with van der Waals surface area (Å²) in [5, 5.41) is 10.5. The molecule has 1 aliphatic carbocycles. The van der Waals surface area contributed by atoms with Gasteiger partial charge in [0.15, 0.2) is 5.82 Å². The van der Waals surface area contributed by atoms with Gasteiger partial charge in [-0.25, -0.2) is 18.2 Å². The van der Waals surface area contributed by atoms with Gasteiger partial charge in [-0.3, -0.25) is 14.3 Å². The molecule has 3 unspecified atom stereocenters. The van der Waals surface area contributed by atoms with E-state index in [9.17, 15) is 18.4 Å². The maximum absolute atomic E-state index is 16.1. The van der Waals surface area contributed by atoms with Crippen LogP contribution in [0.5, 0.6) is 0 Å². The number of halogens is 3. The number of H-pyrrole nitrogens is 1. The Labute approximate surface area is 236 Å². The Balaban J connectivity index is 1.29. The fourth-order valence-electron chi connectivity index (χ4n) is 6.70. The van der Waals surface area contributed by atoms with Gasteiger partial charge < -0.3 is 20.5 Å². The minimum Gasteiger partial charge on any atom is -0.340 e. The van der Waals surface area contributed by atoms with Crippen molar-refractivity contribution in [2.75, 3.05) is 26.2 Å². The number of carbonyl (C=O) groups excluding carboxylic acids is 2. The van der Waals surface area contributed by atoms with Gasteiger partial charge in [0.05, 0.1) is 30.6 Å². The van der Waals surface area contributed by atoms with Crippen LogP contribution in [0.1, 0.15) is 73.4 Å². The highest BCUT2D eigenvalue weighted by Gasteiger charge is 2.49. The van der Waals surface area contributed by atoms with E-state index >= 15 is 4.39 Å². The van der Waals surface area contributed by atoms with E-state index in [0.717, 1.165) is 30.6 Å². The Bertz CT molecular complexity index is 1440. The molecular formula is C29H36F3N7O2. The smallest absolute Gasteiger partial charge is 0.282 e. The molecule has 2 amide bonds. The maximum atomic E-state index is 16.1. The number of aryl methyl sites for hydroxylation is 1. The van der Waals surface area contributed by atoms with E-state index in [-0.39, 0.29) is 23.2 Å². The third kappa shape index (κ3) is 5.22. The Kier molecular flexibility index (Phi) is 7.29. The number of hydrogen-bond donors (Lipinski definition) is 3. The van der Waals surface area contributed by atoms with Crippen molar-refractivity contribution in [1.82, 2.24) is 35.3 Å². The van der Waals surface area contributed by atoms with Crippen LogP contribution in [0.4, 0.5) is 13.2 Å². The summed E-state index contributed by atoms with van der Waals surface area (Å²) in [5.41, 5.74) is 1.44. The predicted molar refractivity (Wildman–Crippen MR) is 146 cm³/mol. The van der Waals surface area contributed by atoms with E-state index in [1.54, 1.807) is 29.1 Å². The summed E-state index contributed by atoms with van der Waals surface area (Å²) in [6.07, 6.45) is 5.50. The number of alkyl halides is 2. The van der Waals surface area contributed by atoms with E-state index in [1.165, 1.54) is 0 Å². The molecule has 9 nitrogen and oxygen atoms in total. The van der Waals surface area contributed by atoms with Gasteiger partial charge >= 0.3 is 0 Å².